The Bertz CT molecular complexity index is 1110. The highest BCUT2D eigenvalue weighted by Crippen LogP contribution is 2.34. The maximum absolute atomic E-state index is 11.2. The third-order valence-corrected chi connectivity index (χ3v) is 4.90. The molecule has 0 saturated heterocycles. The van der Waals surface area contributed by atoms with Gasteiger partial charge in [-0.1, -0.05) is 54.6 Å². The maximum atomic E-state index is 11.2. The number of aryl methyl sites for hydroxylation is 1. The minimum Gasteiger partial charge on any atom is -0.437 e. The Morgan fingerprint density at radius 3 is 2.39 bits per heavy atom. The van der Waals surface area contributed by atoms with Crippen LogP contribution in [0.25, 0.3) is 22.0 Å². The number of hydrogen-bond donors (Lipinski definition) is 1. The number of hydrogen-bond acceptors (Lipinski definition) is 3. The van der Waals surface area contributed by atoms with Crippen LogP contribution in [0.2, 0.25) is 0 Å². The molecule has 0 spiro atoms. The molecular formula is C24H21NO3. The number of nitrogens with one attached hydrogen (secondary N) is 1. The molecule has 0 amide bonds. The van der Waals surface area contributed by atoms with E-state index in [2.05, 4.69) is 59.1 Å². The van der Waals surface area contributed by atoms with Crippen LogP contribution in [0.5, 0.6) is 5.75 Å². The van der Waals surface area contributed by atoms with Gasteiger partial charge in [-0.25, -0.2) is 4.79 Å². The van der Waals surface area contributed by atoms with Crippen LogP contribution < -0.4 is 4.74 Å². The van der Waals surface area contributed by atoms with Gasteiger partial charge in [0.1, 0.15) is 5.75 Å². The van der Waals surface area contributed by atoms with E-state index in [1.807, 2.05) is 18.2 Å². The molecule has 0 bridgehead atoms. The van der Waals surface area contributed by atoms with E-state index in [1.165, 1.54) is 29.2 Å². The number of methoxy groups -OCH3 is 1. The molecule has 0 saturated carbocycles. The molecule has 1 N–H and O–H groups in total. The lowest BCUT2D eigenvalue weighted by molar-refractivity contribution is 0.121. The maximum Gasteiger partial charge on any atom is 0.513 e. The number of H-pyrrole nitrogens is 1. The number of aromatic amines is 1. The summed E-state index contributed by atoms with van der Waals surface area (Å²) >= 11 is 0. The molecule has 1 aromatic heterocycles. The zero-order valence-electron chi connectivity index (χ0n) is 15.9. The molecule has 4 nitrogen and oxygen atoms in total. The van der Waals surface area contributed by atoms with Crippen molar-refractivity contribution < 1.29 is 14.3 Å². The van der Waals surface area contributed by atoms with E-state index in [9.17, 15) is 4.79 Å². The summed E-state index contributed by atoms with van der Waals surface area (Å²) in [5.41, 5.74) is 7.14. The Labute approximate surface area is 163 Å². The highest BCUT2D eigenvalue weighted by Gasteiger charge is 2.14. The summed E-state index contributed by atoms with van der Waals surface area (Å²) in [5.74, 6) is 0.469. The van der Waals surface area contributed by atoms with Crippen LogP contribution in [-0.2, 0) is 11.2 Å². The number of carbonyl (C=O) groups is 1. The lowest BCUT2D eigenvalue weighted by Crippen LogP contribution is -2.07. The largest absolute Gasteiger partial charge is 0.513 e. The van der Waals surface area contributed by atoms with Crippen molar-refractivity contribution in [3.05, 3.63) is 89.6 Å². The van der Waals surface area contributed by atoms with Gasteiger partial charge in [0, 0.05) is 16.6 Å². The van der Waals surface area contributed by atoms with Crippen molar-refractivity contribution in [3.8, 4) is 16.9 Å². The van der Waals surface area contributed by atoms with Gasteiger partial charge >= 0.3 is 6.16 Å². The van der Waals surface area contributed by atoms with Crippen LogP contribution in [-0.4, -0.2) is 18.2 Å². The van der Waals surface area contributed by atoms with E-state index in [1.54, 1.807) is 12.1 Å². The molecule has 4 aromatic rings. The summed E-state index contributed by atoms with van der Waals surface area (Å²) in [6, 6.07) is 24.3. The van der Waals surface area contributed by atoms with Gasteiger partial charge in [-0.05, 0) is 53.8 Å². The minimum absolute atomic E-state index is 0.469. The molecule has 0 unspecified atom stereocenters. The van der Waals surface area contributed by atoms with E-state index in [4.69, 9.17) is 4.74 Å². The Morgan fingerprint density at radius 1 is 0.929 bits per heavy atom. The topological polar surface area (TPSA) is 51.3 Å². The number of fused-ring (bicyclic) bond motifs is 1. The van der Waals surface area contributed by atoms with Crippen molar-refractivity contribution in [2.75, 3.05) is 7.11 Å². The van der Waals surface area contributed by atoms with Gasteiger partial charge in [0.2, 0.25) is 0 Å². The Balaban J connectivity index is 1.71. The van der Waals surface area contributed by atoms with Crippen molar-refractivity contribution >= 4 is 17.1 Å². The van der Waals surface area contributed by atoms with Crippen molar-refractivity contribution in [2.45, 2.75) is 13.3 Å². The standard InChI is InChI=1S/C24H21NO3/c1-16-21(15-17-11-13-19(14-12-17)28-24(26)27-2)23-20(9-6-10-22(23)25-16)18-7-4-3-5-8-18/h3-14,25H,15H2,1-2H3. The van der Waals surface area contributed by atoms with Gasteiger partial charge in [0.25, 0.3) is 0 Å². The highest BCUT2D eigenvalue weighted by atomic mass is 16.7. The fraction of sp³-hybridized carbons (Fsp3) is 0.125. The number of aromatic nitrogens is 1. The summed E-state index contributed by atoms with van der Waals surface area (Å²) < 4.78 is 9.58. The van der Waals surface area contributed by atoms with Gasteiger partial charge < -0.3 is 14.5 Å². The first-order valence-electron chi connectivity index (χ1n) is 9.16. The van der Waals surface area contributed by atoms with Crippen molar-refractivity contribution in [3.63, 3.8) is 0 Å². The lowest BCUT2D eigenvalue weighted by Gasteiger charge is -2.09. The lowest BCUT2D eigenvalue weighted by atomic mass is 9.95. The van der Waals surface area contributed by atoms with Crippen LogP contribution >= 0.6 is 0 Å². The summed E-state index contributed by atoms with van der Waals surface area (Å²) in [6.45, 7) is 2.11. The average Bonchev–Trinajstić information content (AvgIpc) is 3.05. The SMILES string of the molecule is COC(=O)Oc1ccc(Cc2c(C)[nH]c3cccc(-c4ccccc4)c23)cc1. The van der Waals surface area contributed by atoms with Crippen molar-refractivity contribution in [1.29, 1.82) is 0 Å². The third-order valence-electron chi connectivity index (χ3n) is 4.90. The monoisotopic (exact) mass is 371 g/mol. The number of carbonyl (C=O) groups excluding carboxylic acids is 1. The van der Waals surface area contributed by atoms with Crippen LogP contribution in [0.15, 0.2) is 72.8 Å². The second-order valence-corrected chi connectivity index (χ2v) is 6.70. The van der Waals surface area contributed by atoms with Crippen LogP contribution in [0.4, 0.5) is 4.79 Å². The van der Waals surface area contributed by atoms with E-state index < -0.39 is 6.16 Å². The molecule has 3 aromatic carbocycles. The van der Waals surface area contributed by atoms with Gasteiger partial charge in [0.15, 0.2) is 0 Å². The first-order chi connectivity index (χ1) is 13.7. The van der Waals surface area contributed by atoms with Gasteiger partial charge in [-0.2, -0.15) is 0 Å². The van der Waals surface area contributed by atoms with E-state index >= 15 is 0 Å². The predicted molar refractivity (Wildman–Crippen MR) is 111 cm³/mol. The van der Waals surface area contributed by atoms with E-state index in [0.29, 0.717) is 5.75 Å². The Morgan fingerprint density at radius 2 is 1.68 bits per heavy atom. The first-order valence-corrected chi connectivity index (χ1v) is 9.16. The number of ether oxygens (including phenoxy) is 2. The normalized spacial score (nSPS) is 10.8. The summed E-state index contributed by atoms with van der Waals surface area (Å²) in [7, 11) is 1.29. The molecule has 0 aliphatic heterocycles. The molecule has 0 aliphatic rings. The molecule has 0 aliphatic carbocycles. The van der Waals surface area contributed by atoms with Gasteiger partial charge in [-0.15, -0.1) is 0 Å². The number of benzene rings is 3. The molecule has 0 fully saturated rings. The van der Waals surface area contributed by atoms with Crippen LogP contribution in [0, 0.1) is 6.92 Å². The second-order valence-electron chi connectivity index (χ2n) is 6.70. The summed E-state index contributed by atoms with van der Waals surface area (Å²) in [6.07, 6.45) is 0.0708. The molecule has 4 heteroatoms. The molecule has 140 valence electrons. The van der Waals surface area contributed by atoms with Crippen LogP contribution in [0.3, 0.4) is 0 Å². The van der Waals surface area contributed by atoms with Crippen LogP contribution in [0.1, 0.15) is 16.8 Å². The van der Waals surface area contributed by atoms with Gasteiger partial charge in [0.05, 0.1) is 7.11 Å². The summed E-state index contributed by atoms with van der Waals surface area (Å²) in [5, 5.41) is 1.25. The Kier molecular flexibility index (Phi) is 4.85. The average molecular weight is 371 g/mol. The third kappa shape index (κ3) is 3.49. The first kappa shape index (κ1) is 17.9. The molecule has 4 rings (SSSR count). The second kappa shape index (κ2) is 7.61. The van der Waals surface area contributed by atoms with Gasteiger partial charge in [-0.3, -0.25) is 0 Å². The van der Waals surface area contributed by atoms with Crippen molar-refractivity contribution in [1.82, 2.24) is 4.98 Å². The van der Waals surface area contributed by atoms with E-state index in [-0.39, 0.29) is 0 Å². The minimum atomic E-state index is -0.715. The zero-order valence-corrected chi connectivity index (χ0v) is 15.9. The molecule has 0 radical (unpaired) electrons. The molecule has 28 heavy (non-hydrogen) atoms. The predicted octanol–water partition coefficient (Wildman–Crippen LogP) is 5.88. The smallest absolute Gasteiger partial charge is 0.437 e. The highest BCUT2D eigenvalue weighted by molar-refractivity contribution is 5.98. The Hall–Kier alpha value is -3.53. The van der Waals surface area contributed by atoms with E-state index in [0.717, 1.165) is 23.2 Å². The fourth-order valence-corrected chi connectivity index (χ4v) is 3.54. The molecule has 0 atom stereocenters. The molecule has 1 heterocycles. The fourth-order valence-electron chi connectivity index (χ4n) is 3.54. The molecular weight excluding hydrogens is 350 g/mol. The van der Waals surface area contributed by atoms with Crippen molar-refractivity contribution in [2.24, 2.45) is 0 Å². The summed E-state index contributed by atoms with van der Waals surface area (Å²) in [4.78, 5) is 14.8. The zero-order chi connectivity index (χ0) is 19.5. The number of rotatable bonds is 4. The quantitative estimate of drug-likeness (QED) is 0.360.